The van der Waals surface area contributed by atoms with Gasteiger partial charge < -0.3 is 14.9 Å². The largest absolute Gasteiger partial charge is 0.396 e. The van der Waals surface area contributed by atoms with E-state index in [-0.39, 0.29) is 6.61 Å². The third-order valence-corrected chi connectivity index (χ3v) is 6.31. The fourth-order valence-corrected chi connectivity index (χ4v) is 4.85. The van der Waals surface area contributed by atoms with Crippen LogP contribution in [0.4, 0.5) is 5.69 Å². The second-order valence-corrected chi connectivity index (χ2v) is 8.18. The zero-order valence-electron chi connectivity index (χ0n) is 16.6. The summed E-state index contributed by atoms with van der Waals surface area (Å²) >= 11 is 0. The van der Waals surface area contributed by atoms with Crippen LogP contribution in [0.3, 0.4) is 0 Å². The molecule has 5 nitrogen and oxygen atoms in total. The summed E-state index contributed by atoms with van der Waals surface area (Å²) in [6.07, 6.45) is 3.34. The maximum Gasteiger partial charge on any atom is 0.0726 e. The Morgan fingerprint density at radius 1 is 1.11 bits per heavy atom. The van der Waals surface area contributed by atoms with Crippen molar-refractivity contribution >= 4 is 16.6 Å². The van der Waals surface area contributed by atoms with Crippen LogP contribution in [-0.2, 0) is 0 Å². The number of piperazine rings is 1. The molecular weight excluding hydrogens is 336 g/mol. The first-order valence-corrected chi connectivity index (χ1v) is 10.3. The summed E-state index contributed by atoms with van der Waals surface area (Å²) in [5.74, 6) is 0. The van der Waals surface area contributed by atoms with Crippen LogP contribution < -0.4 is 4.90 Å². The molecule has 0 spiro atoms. The fraction of sp³-hybridized carbons (Fsp3) is 0.591. The van der Waals surface area contributed by atoms with Crippen LogP contribution >= 0.6 is 0 Å². The van der Waals surface area contributed by atoms with Crippen LogP contribution in [0.25, 0.3) is 10.9 Å². The maximum atomic E-state index is 9.69. The number of para-hydroxylation sites is 1. The van der Waals surface area contributed by atoms with E-state index in [0.717, 1.165) is 37.3 Å². The molecular formula is C22H32N4O. The number of hydrogen-bond acceptors (Lipinski definition) is 5. The summed E-state index contributed by atoms with van der Waals surface area (Å²) in [5.41, 5.74) is 3.44. The van der Waals surface area contributed by atoms with Crippen molar-refractivity contribution < 1.29 is 5.11 Å². The van der Waals surface area contributed by atoms with Crippen molar-refractivity contribution in [1.82, 2.24) is 14.8 Å². The monoisotopic (exact) mass is 368 g/mol. The summed E-state index contributed by atoms with van der Waals surface area (Å²) in [7, 11) is 2.22. The lowest BCUT2D eigenvalue weighted by atomic mass is 9.97. The number of rotatable bonds is 4. The molecule has 146 valence electrons. The Morgan fingerprint density at radius 2 is 1.89 bits per heavy atom. The third kappa shape index (κ3) is 3.96. The van der Waals surface area contributed by atoms with E-state index in [2.05, 4.69) is 59.0 Å². The van der Waals surface area contributed by atoms with Crippen LogP contribution in [0.5, 0.6) is 0 Å². The molecule has 1 N–H and O–H groups in total. The Hall–Kier alpha value is -1.69. The molecule has 1 atom stereocenters. The second-order valence-electron chi connectivity index (χ2n) is 8.18. The van der Waals surface area contributed by atoms with Crippen molar-refractivity contribution in [1.29, 1.82) is 0 Å². The lowest BCUT2D eigenvalue weighted by molar-refractivity contribution is 0.0599. The fourth-order valence-electron chi connectivity index (χ4n) is 4.85. The lowest BCUT2D eigenvalue weighted by Crippen LogP contribution is -2.58. The third-order valence-electron chi connectivity index (χ3n) is 6.31. The SMILES string of the molecule is Cc1cc(N2CCN(C3CCN(C)CC3)[C@H](CCO)C2)c2ccccc2n1. The molecule has 0 amide bonds. The zero-order chi connectivity index (χ0) is 18.8. The number of nitrogens with zero attached hydrogens (tertiary/aromatic N) is 4. The van der Waals surface area contributed by atoms with Crippen molar-refractivity contribution in [3.63, 3.8) is 0 Å². The van der Waals surface area contributed by atoms with Gasteiger partial charge in [-0.1, -0.05) is 18.2 Å². The molecule has 0 radical (unpaired) electrons. The number of aryl methyl sites for hydroxylation is 1. The number of benzene rings is 1. The summed E-state index contributed by atoms with van der Waals surface area (Å²) in [5, 5.41) is 10.9. The predicted molar refractivity (Wildman–Crippen MR) is 111 cm³/mol. The molecule has 0 unspecified atom stereocenters. The topological polar surface area (TPSA) is 42.8 Å². The van der Waals surface area contributed by atoms with E-state index in [1.165, 1.54) is 37.0 Å². The molecule has 1 aromatic heterocycles. The minimum Gasteiger partial charge on any atom is -0.396 e. The van der Waals surface area contributed by atoms with Crippen molar-refractivity contribution in [3.05, 3.63) is 36.0 Å². The van der Waals surface area contributed by atoms with E-state index in [1.807, 2.05) is 0 Å². The van der Waals surface area contributed by atoms with E-state index in [1.54, 1.807) is 0 Å². The van der Waals surface area contributed by atoms with Gasteiger partial charge in [-0.2, -0.15) is 0 Å². The Kier molecular flexibility index (Phi) is 5.62. The molecule has 0 aliphatic carbocycles. The van der Waals surface area contributed by atoms with Crippen molar-refractivity contribution in [2.45, 2.75) is 38.3 Å². The van der Waals surface area contributed by atoms with Gasteiger partial charge in [0.25, 0.3) is 0 Å². The summed E-state index contributed by atoms with van der Waals surface area (Å²) in [4.78, 5) is 12.3. The minimum atomic E-state index is 0.262. The van der Waals surface area contributed by atoms with Gasteiger partial charge in [-0.15, -0.1) is 0 Å². The van der Waals surface area contributed by atoms with Gasteiger partial charge >= 0.3 is 0 Å². The van der Waals surface area contributed by atoms with Gasteiger partial charge in [-0.05, 0) is 58.5 Å². The van der Waals surface area contributed by atoms with Gasteiger partial charge in [0.15, 0.2) is 0 Å². The van der Waals surface area contributed by atoms with Crippen LogP contribution in [0.1, 0.15) is 25.0 Å². The standard InChI is InChI=1S/C22H32N4O/c1-17-15-22(20-5-3-4-6-21(20)23-17)25-12-13-26(19(16-25)9-14-27)18-7-10-24(2)11-8-18/h3-6,15,18-19,27H,7-14,16H2,1-2H3/t19-/m1/s1. The summed E-state index contributed by atoms with van der Waals surface area (Å²) in [6.45, 7) is 7.82. The van der Waals surface area contributed by atoms with E-state index in [0.29, 0.717) is 12.1 Å². The van der Waals surface area contributed by atoms with E-state index < -0.39 is 0 Å². The average molecular weight is 369 g/mol. The molecule has 1 aromatic carbocycles. The van der Waals surface area contributed by atoms with E-state index in [4.69, 9.17) is 4.98 Å². The maximum absolute atomic E-state index is 9.69. The van der Waals surface area contributed by atoms with Crippen LogP contribution in [0.2, 0.25) is 0 Å². The first-order chi connectivity index (χ1) is 13.2. The smallest absolute Gasteiger partial charge is 0.0726 e. The number of aromatic nitrogens is 1. The van der Waals surface area contributed by atoms with Gasteiger partial charge in [0.1, 0.15) is 0 Å². The molecule has 2 aliphatic heterocycles. The predicted octanol–water partition coefficient (Wildman–Crippen LogP) is 2.51. The van der Waals surface area contributed by atoms with Crippen molar-refractivity contribution in [2.24, 2.45) is 0 Å². The number of likely N-dealkylation sites (tertiary alicyclic amines) is 1. The number of piperidine rings is 1. The van der Waals surface area contributed by atoms with E-state index in [9.17, 15) is 5.11 Å². The molecule has 2 aromatic rings. The van der Waals surface area contributed by atoms with Gasteiger partial charge in [-0.25, -0.2) is 0 Å². The van der Waals surface area contributed by atoms with Crippen molar-refractivity contribution in [2.75, 3.05) is 51.3 Å². The summed E-state index contributed by atoms with van der Waals surface area (Å²) < 4.78 is 0. The number of pyridine rings is 1. The molecule has 2 saturated heterocycles. The Balaban J connectivity index is 1.57. The highest BCUT2D eigenvalue weighted by Crippen LogP contribution is 2.30. The number of fused-ring (bicyclic) bond motifs is 1. The highest BCUT2D eigenvalue weighted by atomic mass is 16.3. The van der Waals surface area contributed by atoms with Crippen LogP contribution in [0, 0.1) is 6.92 Å². The molecule has 2 aliphatic rings. The highest BCUT2D eigenvalue weighted by molar-refractivity contribution is 5.92. The first kappa shape index (κ1) is 18.7. The molecule has 3 heterocycles. The van der Waals surface area contributed by atoms with E-state index >= 15 is 0 Å². The van der Waals surface area contributed by atoms with Gasteiger partial charge in [0.2, 0.25) is 0 Å². The van der Waals surface area contributed by atoms with Crippen molar-refractivity contribution in [3.8, 4) is 0 Å². The normalized spacial score (nSPS) is 23.2. The van der Waals surface area contributed by atoms with Gasteiger partial charge in [0.05, 0.1) is 5.52 Å². The molecule has 27 heavy (non-hydrogen) atoms. The number of anilines is 1. The average Bonchev–Trinajstić information content (AvgIpc) is 2.68. The van der Waals surface area contributed by atoms with Gasteiger partial charge in [0, 0.05) is 55.1 Å². The van der Waals surface area contributed by atoms with Crippen LogP contribution in [-0.4, -0.2) is 78.4 Å². The number of aliphatic hydroxyl groups excluding tert-OH is 1. The summed E-state index contributed by atoms with van der Waals surface area (Å²) in [6, 6.07) is 11.8. The highest BCUT2D eigenvalue weighted by Gasteiger charge is 2.33. The Bertz CT molecular complexity index is 772. The molecule has 4 rings (SSSR count). The lowest BCUT2D eigenvalue weighted by Gasteiger charge is -2.48. The number of aliphatic hydroxyl groups is 1. The first-order valence-electron chi connectivity index (χ1n) is 10.3. The van der Waals surface area contributed by atoms with Crippen LogP contribution in [0.15, 0.2) is 30.3 Å². The molecule has 0 saturated carbocycles. The Labute approximate surface area is 162 Å². The zero-order valence-corrected chi connectivity index (χ0v) is 16.6. The number of hydrogen-bond donors (Lipinski definition) is 1. The molecule has 5 heteroatoms. The van der Waals surface area contributed by atoms with Gasteiger partial charge in [-0.3, -0.25) is 9.88 Å². The molecule has 0 bridgehead atoms. The second kappa shape index (κ2) is 8.13. The minimum absolute atomic E-state index is 0.262. The Morgan fingerprint density at radius 3 is 2.67 bits per heavy atom. The quantitative estimate of drug-likeness (QED) is 0.898. The molecule has 2 fully saturated rings.